The van der Waals surface area contributed by atoms with E-state index in [1.54, 1.807) is 0 Å². The monoisotopic (exact) mass is 296 g/mol. The number of nitrogens with two attached hydrogens (primary N) is 1. The van der Waals surface area contributed by atoms with Gasteiger partial charge in [-0.3, -0.25) is 4.90 Å². The maximum absolute atomic E-state index is 5.99. The van der Waals surface area contributed by atoms with Gasteiger partial charge in [0, 0.05) is 23.6 Å². The number of hydrogen-bond donors (Lipinski definition) is 1. The average molecular weight is 297 g/mol. The fourth-order valence-electron chi connectivity index (χ4n) is 2.73. The van der Waals surface area contributed by atoms with E-state index in [1.165, 1.54) is 36.0 Å². The Morgan fingerprint density at radius 3 is 2.88 bits per heavy atom. The first kappa shape index (κ1) is 13.1. The summed E-state index contributed by atoms with van der Waals surface area (Å²) in [4.78, 5) is 2.54. The van der Waals surface area contributed by atoms with Crippen LogP contribution in [0.3, 0.4) is 0 Å². The minimum Gasteiger partial charge on any atom is -0.329 e. The maximum atomic E-state index is 5.99. The van der Waals surface area contributed by atoms with Crippen LogP contribution >= 0.6 is 15.9 Å². The fourth-order valence-corrected chi connectivity index (χ4v) is 3.28. The molecular weight excluding hydrogens is 276 g/mol. The molecule has 3 heteroatoms. The van der Waals surface area contributed by atoms with E-state index < -0.39 is 0 Å². The third-order valence-corrected chi connectivity index (χ3v) is 4.34. The molecule has 0 radical (unpaired) electrons. The Hall–Kier alpha value is -0.380. The Morgan fingerprint density at radius 1 is 1.47 bits per heavy atom. The highest BCUT2D eigenvalue weighted by Gasteiger charge is 2.25. The predicted molar refractivity (Wildman–Crippen MR) is 75.9 cm³/mol. The number of halogens is 1. The van der Waals surface area contributed by atoms with Crippen molar-refractivity contribution < 1.29 is 0 Å². The van der Waals surface area contributed by atoms with E-state index in [-0.39, 0.29) is 0 Å². The van der Waals surface area contributed by atoms with Crippen LogP contribution in [-0.4, -0.2) is 24.5 Å². The van der Waals surface area contributed by atoms with Crippen molar-refractivity contribution >= 4 is 15.9 Å². The summed E-state index contributed by atoms with van der Waals surface area (Å²) in [5, 5.41) is 0. The molecule has 2 unspecified atom stereocenters. The second-order valence-corrected chi connectivity index (χ2v) is 5.87. The molecule has 17 heavy (non-hydrogen) atoms. The van der Waals surface area contributed by atoms with Crippen LogP contribution in [0.2, 0.25) is 0 Å². The van der Waals surface area contributed by atoms with Crippen molar-refractivity contribution in [2.24, 2.45) is 11.7 Å². The summed E-state index contributed by atoms with van der Waals surface area (Å²) in [5.41, 5.74) is 7.31. The van der Waals surface area contributed by atoms with Gasteiger partial charge in [-0.1, -0.05) is 41.1 Å². The van der Waals surface area contributed by atoms with Gasteiger partial charge in [0.15, 0.2) is 0 Å². The number of piperidine rings is 1. The molecule has 0 amide bonds. The summed E-state index contributed by atoms with van der Waals surface area (Å²) in [7, 11) is 0. The molecule has 1 fully saturated rings. The van der Waals surface area contributed by atoms with Gasteiger partial charge in [0.1, 0.15) is 0 Å². The van der Waals surface area contributed by atoms with Crippen molar-refractivity contribution in [2.45, 2.75) is 25.8 Å². The molecule has 1 heterocycles. The Morgan fingerprint density at radius 2 is 2.24 bits per heavy atom. The SMILES string of the molecule is CC1CCCN(C(CN)c2ccccc2Br)C1. The number of likely N-dealkylation sites (tertiary alicyclic amines) is 1. The number of rotatable bonds is 3. The molecule has 1 aromatic carbocycles. The molecule has 0 saturated carbocycles. The molecule has 1 aliphatic heterocycles. The number of benzene rings is 1. The van der Waals surface area contributed by atoms with Crippen LogP contribution in [0.15, 0.2) is 28.7 Å². The van der Waals surface area contributed by atoms with Gasteiger partial charge in [0.25, 0.3) is 0 Å². The summed E-state index contributed by atoms with van der Waals surface area (Å²) in [5.74, 6) is 0.792. The minimum atomic E-state index is 0.355. The molecule has 1 saturated heterocycles. The number of hydrogen-bond acceptors (Lipinski definition) is 2. The smallest absolute Gasteiger partial charge is 0.0481 e. The Kier molecular flexibility index (Phi) is 4.60. The van der Waals surface area contributed by atoms with Crippen LogP contribution in [0.5, 0.6) is 0 Å². The topological polar surface area (TPSA) is 29.3 Å². The molecule has 0 aliphatic carbocycles. The largest absolute Gasteiger partial charge is 0.329 e. The van der Waals surface area contributed by atoms with Crippen LogP contribution in [0.1, 0.15) is 31.4 Å². The molecular formula is C14H21BrN2. The summed E-state index contributed by atoms with van der Waals surface area (Å²) in [6.45, 7) is 5.37. The molecule has 0 bridgehead atoms. The van der Waals surface area contributed by atoms with E-state index >= 15 is 0 Å². The lowest BCUT2D eigenvalue weighted by atomic mass is 9.96. The maximum Gasteiger partial charge on any atom is 0.0481 e. The van der Waals surface area contributed by atoms with Crippen molar-refractivity contribution in [3.8, 4) is 0 Å². The zero-order valence-electron chi connectivity index (χ0n) is 10.4. The van der Waals surface area contributed by atoms with Crippen molar-refractivity contribution in [1.29, 1.82) is 0 Å². The summed E-state index contributed by atoms with van der Waals surface area (Å²) < 4.78 is 1.17. The summed E-state index contributed by atoms with van der Waals surface area (Å²) in [6.07, 6.45) is 2.64. The molecule has 2 rings (SSSR count). The second kappa shape index (κ2) is 5.98. The minimum absolute atomic E-state index is 0.355. The van der Waals surface area contributed by atoms with Crippen LogP contribution in [0.4, 0.5) is 0 Å². The van der Waals surface area contributed by atoms with Crippen LogP contribution in [0.25, 0.3) is 0 Å². The summed E-state index contributed by atoms with van der Waals surface area (Å²) in [6, 6.07) is 8.79. The van der Waals surface area contributed by atoms with Crippen molar-refractivity contribution in [3.63, 3.8) is 0 Å². The lowest BCUT2D eigenvalue weighted by Crippen LogP contribution is -2.40. The molecule has 1 aromatic rings. The molecule has 2 N–H and O–H groups in total. The third-order valence-electron chi connectivity index (χ3n) is 3.62. The van der Waals surface area contributed by atoms with E-state index in [0.717, 1.165) is 5.92 Å². The van der Waals surface area contributed by atoms with Gasteiger partial charge in [-0.05, 0) is 36.9 Å². The number of nitrogens with zero attached hydrogens (tertiary/aromatic N) is 1. The van der Waals surface area contributed by atoms with Crippen LogP contribution < -0.4 is 5.73 Å². The van der Waals surface area contributed by atoms with E-state index in [1.807, 2.05) is 0 Å². The Balaban J connectivity index is 2.18. The van der Waals surface area contributed by atoms with Gasteiger partial charge in [0.2, 0.25) is 0 Å². The van der Waals surface area contributed by atoms with Crippen molar-refractivity contribution in [2.75, 3.05) is 19.6 Å². The highest BCUT2D eigenvalue weighted by molar-refractivity contribution is 9.10. The zero-order valence-corrected chi connectivity index (χ0v) is 12.0. The average Bonchev–Trinajstić information content (AvgIpc) is 2.33. The van der Waals surface area contributed by atoms with E-state index in [2.05, 4.69) is 52.0 Å². The first-order valence-corrected chi connectivity index (χ1v) is 7.20. The molecule has 0 spiro atoms. The van der Waals surface area contributed by atoms with Gasteiger partial charge < -0.3 is 5.73 Å². The standard InChI is InChI=1S/C14H21BrN2/c1-11-5-4-8-17(10-11)14(9-16)12-6-2-3-7-13(12)15/h2-3,6-7,11,14H,4-5,8-10,16H2,1H3. The van der Waals surface area contributed by atoms with E-state index in [4.69, 9.17) is 5.73 Å². The van der Waals surface area contributed by atoms with Gasteiger partial charge in [-0.15, -0.1) is 0 Å². The fraction of sp³-hybridized carbons (Fsp3) is 0.571. The first-order chi connectivity index (χ1) is 8.22. The highest BCUT2D eigenvalue weighted by Crippen LogP contribution is 2.30. The van der Waals surface area contributed by atoms with Gasteiger partial charge >= 0.3 is 0 Å². The van der Waals surface area contributed by atoms with Crippen LogP contribution in [0, 0.1) is 5.92 Å². The molecule has 2 nitrogen and oxygen atoms in total. The Bertz CT molecular complexity index is 367. The van der Waals surface area contributed by atoms with Gasteiger partial charge in [-0.2, -0.15) is 0 Å². The van der Waals surface area contributed by atoms with Crippen molar-refractivity contribution in [3.05, 3.63) is 34.3 Å². The van der Waals surface area contributed by atoms with Crippen molar-refractivity contribution in [1.82, 2.24) is 4.90 Å². The Labute approximate surface area is 112 Å². The molecule has 0 aromatic heterocycles. The van der Waals surface area contributed by atoms with E-state index in [9.17, 15) is 0 Å². The first-order valence-electron chi connectivity index (χ1n) is 6.41. The highest BCUT2D eigenvalue weighted by atomic mass is 79.9. The second-order valence-electron chi connectivity index (χ2n) is 5.02. The van der Waals surface area contributed by atoms with E-state index in [0.29, 0.717) is 12.6 Å². The quantitative estimate of drug-likeness (QED) is 0.928. The zero-order chi connectivity index (χ0) is 12.3. The predicted octanol–water partition coefficient (Wildman–Crippen LogP) is 3.18. The molecule has 2 atom stereocenters. The molecule has 1 aliphatic rings. The lowest BCUT2D eigenvalue weighted by molar-refractivity contribution is 0.133. The van der Waals surface area contributed by atoms with Gasteiger partial charge in [-0.25, -0.2) is 0 Å². The van der Waals surface area contributed by atoms with Gasteiger partial charge in [0.05, 0.1) is 0 Å². The summed E-state index contributed by atoms with van der Waals surface area (Å²) >= 11 is 3.64. The lowest BCUT2D eigenvalue weighted by Gasteiger charge is -2.37. The molecule has 94 valence electrons. The normalized spacial score (nSPS) is 23.6. The van der Waals surface area contributed by atoms with Crippen LogP contribution in [-0.2, 0) is 0 Å². The third kappa shape index (κ3) is 3.09.